The summed E-state index contributed by atoms with van der Waals surface area (Å²) in [6, 6.07) is 0.709. The molecule has 6 nitrogen and oxygen atoms in total. The molecule has 6 heteroatoms. The summed E-state index contributed by atoms with van der Waals surface area (Å²) in [7, 11) is 0. The maximum Gasteiger partial charge on any atom is 0.237 e. The number of hydrogen-bond donors (Lipinski definition) is 1. The van der Waals surface area contributed by atoms with E-state index in [4.69, 9.17) is 4.42 Å². The van der Waals surface area contributed by atoms with Gasteiger partial charge in [-0.05, 0) is 26.7 Å². The van der Waals surface area contributed by atoms with Gasteiger partial charge in [0.05, 0.1) is 5.69 Å². The Hall–Kier alpha value is -1.69. The molecular formula is C14H21N5O. The number of hydrogen-bond acceptors (Lipinski definition) is 5. The average Bonchev–Trinajstić information content (AvgIpc) is 3.09. The summed E-state index contributed by atoms with van der Waals surface area (Å²) in [6.07, 6.45) is 3.36. The Morgan fingerprint density at radius 1 is 1.25 bits per heavy atom. The van der Waals surface area contributed by atoms with E-state index in [1.807, 2.05) is 11.6 Å². The molecule has 0 radical (unpaired) electrons. The van der Waals surface area contributed by atoms with Crippen LogP contribution in [0.3, 0.4) is 0 Å². The van der Waals surface area contributed by atoms with Gasteiger partial charge < -0.3 is 9.73 Å². The molecule has 1 fully saturated rings. The van der Waals surface area contributed by atoms with Gasteiger partial charge in [-0.3, -0.25) is 4.68 Å². The number of nitrogens with one attached hydrogen (secondary N) is 1. The minimum absolute atomic E-state index is 0.545. The van der Waals surface area contributed by atoms with Crippen molar-refractivity contribution in [2.45, 2.75) is 59.2 Å². The van der Waals surface area contributed by atoms with Crippen LogP contribution in [0.25, 0.3) is 0 Å². The van der Waals surface area contributed by atoms with Gasteiger partial charge in [0.25, 0.3) is 0 Å². The Morgan fingerprint density at radius 2 is 2.00 bits per heavy atom. The van der Waals surface area contributed by atoms with Crippen molar-refractivity contribution in [3.05, 3.63) is 28.7 Å². The zero-order valence-corrected chi connectivity index (χ0v) is 12.3. The Labute approximate surface area is 118 Å². The van der Waals surface area contributed by atoms with E-state index in [0.29, 0.717) is 24.4 Å². The third-order valence-corrected chi connectivity index (χ3v) is 3.77. The smallest absolute Gasteiger partial charge is 0.237 e. The molecule has 0 spiro atoms. The minimum Gasteiger partial charge on any atom is -0.423 e. The summed E-state index contributed by atoms with van der Waals surface area (Å²) in [6.45, 7) is 7.59. The van der Waals surface area contributed by atoms with Gasteiger partial charge in [0, 0.05) is 30.3 Å². The summed E-state index contributed by atoms with van der Waals surface area (Å²) >= 11 is 0. The molecule has 20 heavy (non-hydrogen) atoms. The van der Waals surface area contributed by atoms with Gasteiger partial charge in [0.15, 0.2) is 0 Å². The van der Waals surface area contributed by atoms with E-state index in [0.717, 1.165) is 18.7 Å². The number of rotatable bonds is 6. The van der Waals surface area contributed by atoms with E-state index in [1.165, 1.54) is 24.1 Å². The second-order valence-electron chi connectivity index (χ2n) is 5.41. The van der Waals surface area contributed by atoms with Crippen LogP contribution in [0.5, 0.6) is 0 Å². The molecule has 1 aliphatic carbocycles. The molecule has 0 saturated heterocycles. The first-order chi connectivity index (χ1) is 9.67. The van der Waals surface area contributed by atoms with E-state index in [2.05, 4.69) is 34.5 Å². The first-order valence-electron chi connectivity index (χ1n) is 7.25. The Kier molecular flexibility index (Phi) is 3.56. The average molecular weight is 275 g/mol. The van der Waals surface area contributed by atoms with E-state index in [1.54, 1.807) is 0 Å². The summed E-state index contributed by atoms with van der Waals surface area (Å²) in [4.78, 5) is 0. The lowest BCUT2D eigenvalue weighted by Crippen LogP contribution is -2.16. The van der Waals surface area contributed by atoms with Crippen LogP contribution >= 0.6 is 0 Å². The molecule has 0 unspecified atom stereocenters. The van der Waals surface area contributed by atoms with Gasteiger partial charge in [-0.25, -0.2) is 0 Å². The standard InChI is InChI=1S/C14H21N5O/c1-4-13-16-17-14(20-13)8-19-10(3)12(9(2)18-19)7-15-11-5-6-11/h11,15H,4-8H2,1-3H3. The maximum atomic E-state index is 5.55. The lowest BCUT2D eigenvalue weighted by molar-refractivity contribution is 0.430. The van der Waals surface area contributed by atoms with Gasteiger partial charge in [-0.1, -0.05) is 6.92 Å². The second kappa shape index (κ2) is 5.36. The molecule has 0 aromatic carbocycles. The fourth-order valence-electron chi connectivity index (χ4n) is 2.30. The van der Waals surface area contributed by atoms with Crippen LogP contribution < -0.4 is 5.32 Å². The third-order valence-electron chi connectivity index (χ3n) is 3.77. The van der Waals surface area contributed by atoms with Gasteiger partial charge >= 0.3 is 0 Å². The zero-order valence-electron chi connectivity index (χ0n) is 12.3. The maximum absolute atomic E-state index is 5.55. The fourth-order valence-corrected chi connectivity index (χ4v) is 2.30. The van der Waals surface area contributed by atoms with Crippen molar-refractivity contribution < 1.29 is 4.42 Å². The van der Waals surface area contributed by atoms with E-state index >= 15 is 0 Å². The van der Waals surface area contributed by atoms with Gasteiger partial charge in [-0.15, -0.1) is 10.2 Å². The highest BCUT2D eigenvalue weighted by molar-refractivity contribution is 5.24. The SMILES string of the molecule is CCc1nnc(Cn2nc(C)c(CNC3CC3)c2C)o1. The normalized spacial score (nSPS) is 14.9. The first-order valence-corrected chi connectivity index (χ1v) is 7.25. The topological polar surface area (TPSA) is 68.8 Å². The highest BCUT2D eigenvalue weighted by Crippen LogP contribution is 2.21. The van der Waals surface area contributed by atoms with Crippen molar-refractivity contribution in [2.24, 2.45) is 0 Å². The Balaban J connectivity index is 1.73. The van der Waals surface area contributed by atoms with Crippen LogP contribution in [0.2, 0.25) is 0 Å². The molecule has 2 heterocycles. The van der Waals surface area contributed by atoms with Gasteiger partial charge in [0.1, 0.15) is 6.54 Å². The molecule has 0 amide bonds. The summed E-state index contributed by atoms with van der Waals surface area (Å²) in [5.74, 6) is 1.30. The molecular weight excluding hydrogens is 254 g/mol. The molecule has 1 N–H and O–H groups in total. The van der Waals surface area contributed by atoms with Crippen molar-refractivity contribution in [1.29, 1.82) is 0 Å². The molecule has 0 bridgehead atoms. The summed E-state index contributed by atoms with van der Waals surface area (Å²) < 4.78 is 7.50. The van der Waals surface area contributed by atoms with Crippen molar-refractivity contribution in [3.63, 3.8) is 0 Å². The third kappa shape index (κ3) is 2.75. The van der Waals surface area contributed by atoms with Crippen LogP contribution in [0.4, 0.5) is 0 Å². The van der Waals surface area contributed by atoms with Gasteiger partial charge in [0.2, 0.25) is 11.8 Å². The van der Waals surface area contributed by atoms with Crippen molar-refractivity contribution >= 4 is 0 Å². The Morgan fingerprint density at radius 3 is 2.65 bits per heavy atom. The number of nitrogens with zero attached hydrogens (tertiary/aromatic N) is 4. The van der Waals surface area contributed by atoms with Crippen molar-refractivity contribution in [3.8, 4) is 0 Å². The molecule has 2 aromatic heterocycles. The number of aromatic nitrogens is 4. The monoisotopic (exact) mass is 275 g/mol. The predicted molar refractivity (Wildman–Crippen MR) is 74.3 cm³/mol. The van der Waals surface area contributed by atoms with E-state index in [-0.39, 0.29) is 0 Å². The lowest BCUT2D eigenvalue weighted by atomic mass is 10.2. The minimum atomic E-state index is 0.545. The zero-order chi connectivity index (χ0) is 14.1. The molecule has 1 aliphatic rings. The quantitative estimate of drug-likeness (QED) is 0.869. The molecule has 1 saturated carbocycles. The highest BCUT2D eigenvalue weighted by atomic mass is 16.4. The fraction of sp³-hybridized carbons (Fsp3) is 0.643. The molecule has 0 aliphatic heterocycles. The second-order valence-corrected chi connectivity index (χ2v) is 5.41. The predicted octanol–water partition coefficient (Wildman–Crippen LogP) is 1.75. The Bertz CT molecular complexity index is 597. The van der Waals surface area contributed by atoms with Crippen molar-refractivity contribution in [1.82, 2.24) is 25.3 Å². The van der Waals surface area contributed by atoms with Crippen LogP contribution in [-0.4, -0.2) is 26.0 Å². The van der Waals surface area contributed by atoms with Crippen LogP contribution in [0, 0.1) is 13.8 Å². The number of aryl methyl sites for hydroxylation is 2. The molecule has 2 aromatic rings. The van der Waals surface area contributed by atoms with Crippen LogP contribution in [0.15, 0.2) is 4.42 Å². The molecule has 0 atom stereocenters. The van der Waals surface area contributed by atoms with Crippen LogP contribution in [0.1, 0.15) is 48.5 Å². The lowest BCUT2D eigenvalue weighted by Gasteiger charge is -2.04. The molecule has 108 valence electrons. The van der Waals surface area contributed by atoms with Crippen molar-refractivity contribution in [2.75, 3.05) is 0 Å². The largest absolute Gasteiger partial charge is 0.423 e. The highest BCUT2D eigenvalue weighted by Gasteiger charge is 2.22. The van der Waals surface area contributed by atoms with Gasteiger partial charge in [-0.2, -0.15) is 5.10 Å². The summed E-state index contributed by atoms with van der Waals surface area (Å²) in [5, 5.41) is 16.2. The van der Waals surface area contributed by atoms with E-state index in [9.17, 15) is 0 Å². The summed E-state index contributed by atoms with van der Waals surface area (Å²) in [5.41, 5.74) is 3.53. The van der Waals surface area contributed by atoms with E-state index < -0.39 is 0 Å². The first kappa shape index (κ1) is 13.3. The van der Waals surface area contributed by atoms with Crippen LogP contribution in [-0.2, 0) is 19.5 Å². The molecule has 3 rings (SSSR count).